The zero-order valence-electron chi connectivity index (χ0n) is 15.5. The summed E-state index contributed by atoms with van der Waals surface area (Å²) in [7, 11) is 0. The molecule has 0 aromatic carbocycles. The molecule has 0 heterocycles. The van der Waals surface area contributed by atoms with E-state index in [2.05, 4.69) is 66.3 Å². The van der Waals surface area contributed by atoms with Gasteiger partial charge in [0.05, 0.1) is 17.8 Å². The first kappa shape index (κ1) is 19.4. The Kier molecular flexibility index (Phi) is 7.34. The minimum Gasteiger partial charge on any atom is -0.376 e. The quantitative estimate of drug-likeness (QED) is 0.560. The van der Waals surface area contributed by atoms with Crippen molar-refractivity contribution in [1.82, 2.24) is 0 Å². The van der Waals surface area contributed by atoms with Gasteiger partial charge in [-0.05, 0) is 78.6 Å². The maximum Gasteiger partial charge on any atom is 0.0648 e. The molecule has 3 atom stereocenters. The van der Waals surface area contributed by atoms with Gasteiger partial charge in [-0.2, -0.15) is 0 Å². The van der Waals surface area contributed by atoms with Crippen LogP contribution in [0.5, 0.6) is 0 Å². The zero-order valence-corrected chi connectivity index (χ0v) is 15.5. The monoisotopic (exact) mass is 308 g/mol. The highest BCUT2D eigenvalue weighted by Crippen LogP contribution is 2.38. The first-order valence-electron chi connectivity index (χ1n) is 8.70. The van der Waals surface area contributed by atoms with Gasteiger partial charge in [-0.1, -0.05) is 18.2 Å². The third-order valence-electron chi connectivity index (χ3n) is 4.48. The molecule has 1 aliphatic carbocycles. The Morgan fingerprint density at radius 1 is 1.09 bits per heavy atom. The number of allylic oxidation sites excluding steroid dienone is 3. The number of hydrogen-bond acceptors (Lipinski definition) is 2. The molecule has 0 aromatic heterocycles. The Bertz CT molecular complexity index is 362. The van der Waals surface area contributed by atoms with Crippen LogP contribution in [0.4, 0.5) is 0 Å². The van der Waals surface area contributed by atoms with E-state index in [0.29, 0.717) is 17.8 Å². The number of hydrogen-bond donors (Lipinski definition) is 0. The lowest BCUT2D eigenvalue weighted by atomic mass is 9.96. The van der Waals surface area contributed by atoms with Gasteiger partial charge in [-0.15, -0.1) is 6.58 Å². The first-order chi connectivity index (χ1) is 10.2. The molecule has 1 rings (SSSR count). The second kappa shape index (κ2) is 8.31. The second-order valence-corrected chi connectivity index (χ2v) is 8.20. The Morgan fingerprint density at radius 3 is 2.32 bits per heavy atom. The predicted molar refractivity (Wildman–Crippen MR) is 95.1 cm³/mol. The SMILES string of the molecule is C=CC1CC(/C=C\C)CC1COC(C)(C)CCOC(C)(C)C. The molecule has 1 saturated carbocycles. The average molecular weight is 309 g/mol. The van der Waals surface area contributed by atoms with Crippen molar-refractivity contribution < 1.29 is 9.47 Å². The summed E-state index contributed by atoms with van der Waals surface area (Å²) in [5.41, 5.74) is -0.204. The summed E-state index contributed by atoms with van der Waals surface area (Å²) >= 11 is 0. The molecule has 0 amide bonds. The van der Waals surface area contributed by atoms with Crippen LogP contribution in [-0.4, -0.2) is 24.4 Å². The van der Waals surface area contributed by atoms with Gasteiger partial charge in [-0.25, -0.2) is 0 Å². The highest BCUT2D eigenvalue weighted by atomic mass is 16.5. The van der Waals surface area contributed by atoms with Gasteiger partial charge < -0.3 is 9.47 Å². The van der Waals surface area contributed by atoms with Gasteiger partial charge in [-0.3, -0.25) is 0 Å². The molecule has 0 bridgehead atoms. The lowest BCUT2D eigenvalue weighted by molar-refractivity contribution is -0.0769. The summed E-state index contributed by atoms with van der Waals surface area (Å²) in [6.45, 7) is 18.3. The minimum atomic E-state index is -0.129. The first-order valence-corrected chi connectivity index (χ1v) is 8.70. The summed E-state index contributed by atoms with van der Waals surface area (Å²) in [5, 5.41) is 0. The Balaban J connectivity index is 2.41. The van der Waals surface area contributed by atoms with E-state index in [4.69, 9.17) is 9.47 Å². The molecule has 128 valence electrons. The highest BCUT2D eigenvalue weighted by Gasteiger charge is 2.32. The van der Waals surface area contributed by atoms with E-state index in [-0.39, 0.29) is 11.2 Å². The van der Waals surface area contributed by atoms with Gasteiger partial charge >= 0.3 is 0 Å². The van der Waals surface area contributed by atoms with Gasteiger partial charge in [0.1, 0.15) is 0 Å². The van der Waals surface area contributed by atoms with E-state index in [0.717, 1.165) is 19.6 Å². The number of rotatable bonds is 8. The molecular formula is C20H36O2. The van der Waals surface area contributed by atoms with Crippen LogP contribution in [0.2, 0.25) is 0 Å². The maximum absolute atomic E-state index is 6.23. The van der Waals surface area contributed by atoms with Gasteiger partial charge in [0.2, 0.25) is 0 Å². The topological polar surface area (TPSA) is 18.5 Å². The standard InChI is InChI=1S/C20H36O2/c1-8-10-16-13-17(9-2)18(14-16)15-22-20(6,7)11-12-21-19(3,4)5/h8-10,16-18H,2,11-15H2,1,3-7H3/b10-8-. The summed E-state index contributed by atoms with van der Waals surface area (Å²) in [6, 6.07) is 0. The molecule has 22 heavy (non-hydrogen) atoms. The molecule has 1 fully saturated rings. The molecule has 2 heteroatoms. The van der Waals surface area contributed by atoms with E-state index in [1.165, 1.54) is 12.8 Å². The van der Waals surface area contributed by atoms with Gasteiger partial charge in [0, 0.05) is 6.61 Å². The fourth-order valence-electron chi connectivity index (χ4n) is 3.12. The summed E-state index contributed by atoms with van der Waals surface area (Å²) in [5.74, 6) is 1.87. The van der Waals surface area contributed by atoms with Gasteiger partial charge in [0.25, 0.3) is 0 Å². The lowest BCUT2D eigenvalue weighted by Gasteiger charge is -2.30. The van der Waals surface area contributed by atoms with Crippen molar-refractivity contribution in [3.05, 3.63) is 24.8 Å². The van der Waals surface area contributed by atoms with E-state index in [1.54, 1.807) is 0 Å². The van der Waals surface area contributed by atoms with Crippen LogP contribution in [0.15, 0.2) is 24.8 Å². The highest BCUT2D eigenvalue weighted by molar-refractivity contribution is 4.99. The molecule has 1 aliphatic rings. The summed E-state index contributed by atoms with van der Waals surface area (Å²) in [6.07, 6.45) is 9.98. The molecule has 0 aliphatic heterocycles. The third-order valence-corrected chi connectivity index (χ3v) is 4.48. The van der Waals surface area contributed by atoms with Crippen molar-refractivity contribution in [2.45, 2.75) is 72.0 Å². The van der Waals surface area contributed by atoms with Crippen molar-refractivity contribution in [1.29, 1.82) is 0 Å². The van der Waals surface area contributed by atoms with Crippen LogP contribution < -0.4 is 0 Å². The third kappa shape index (κ3) is 7.11. The molecule has 0 spiro atoms. The van der Waals surface area contributed by atoms with E-state index < -0.39 is 0 Å². The fraction of sp³-hybridized carbons (Fsp3) is 0.800. The van der Waals surface area contributed by atoms with Crippen LogP contribution in [0, 0.1) is 17.8 Å². The average Bonchev–Trinajstić information content (AvgIpc) is 2.77. The lowest BCUT2D eigenvalue weighted by Crippen LogP contribution is -2.31. The molecule has 0 N–H and O–H groups in total. The predicted octanol–water partition coefficient (Wildman–Crippen LogP) is 5.39. The largest absolute Gasteiger partial charge is 0.376 e. The van der Waals surface area contributed by atoms with E-state index >= 15 is 0 Å². The van der Waals surface area contributed by atoms with Crippen molar-refractivity contribution in [3.63, 3.8) is 0 Å². The minimum absolute atomic E-state index is 0.0742. The van der Waals surface area contributed by atoms with Crippen molar-refractivity contribution in [2.24, 2.45) is 17.8 Å². The van der Waals surface area contributed by atoms with Crippen molar-refractivity contribution in [2.75, 3.05) is 13.2 Å². The normalized spacial score (nSPS) is 26.7. The van der Waals surface area contributed by atoms with Gasteiger partial charge in [0.15, 0.2) is 0 Å². The van der Waals surface area contributed by atoms with Crippen molar-refractivity contribution in [3.8, 4) is 0 Å². The number of ether oxygens (including phenoxy) is 2. The molecule has 3 unspecified atom stereocenters. The molecule has 0 radical (unpaired) electrons. The summed E-state index contributed by atoms with van der Waals surface area (Å²) < 4.78 is 12.1. The van der Waals surface area contributed by atoms with Crippen LogP contribution in [0.25, 0.3) is 0 Å². The smallest absolute Gasteiger partial charge is 0.0648 e. The van der Waals surface area contributed by atoms with Crippen LogP contribution >= 0.6 is 0 Å². The summed E-state index contributed by atoms with van der Waals surface area (Å²) in [4.78, 5) is 0. The second-order valence-electron chi connectivity index (χ2n) is 8.20. The van der Waals surface area contributed by atoms with Crippen molar-refractivity contribution >= 4 is 0 Å². The maximum atomic E-state index is 6.23. The molecule has 2 nitrogen and oxygen atoms in total. The van der Waals surface area contributed by atoms with Crippen LogP contribution in [-0.2, 0) is 9.47 Å². The zero-order chi connectivity index (χ0) is 16.8. The van der Waals surface area contributed by atoms with Crippen LogP contribution in [0.1, 0.15) is 60.8 Å². The Hall–Kier alpha value is -0.600. The fourth-order valence-corrected chi connectivity index (χ4v) is 3.12. The van der Waals surface area contributed by atoms with Crippen LogP contribution in [0.3, 0.4) is 0 Å². The van der Waals surface area contributed by atoms with E-state index in [9.17, 15) is 0 Å². The van der Waals surface area contributed by atoms with E-state index in [1.807, 2.05) is 0 Å². The molecule has 0 saturated heterocycles. The molecule has 0 aromatic rings. The Labute approximate surface area is 138 Å². The Morgan fingerprint density at radius 2 is 1.77 bits per heavy atom. The molecular weight excluding hydrogens is 272 g/mol.